The Morgan fingerprint density at radius 1 is 1.38 bits per heavy atom. The van der Waals surface area contributed by atoms with E-state index in [2.05, 4.69) is 47.0 Å². The summed E-state index contributed by atoms with van der Waals surface area (Å²) < 4.78 is 35.6. The summed E-state index contributed by atoms with van der Waals surface area (Å²) >= 11 is -1.13. The average molecular weight is 617 g/mol. The van der Waals surface area contributed by atoms with E-state index in [1.54, 1.807) is 12.3 Å². The standard InChI is InChI=1S/C29H43N7O4S2/c1-8-23(12-27(29(31)39-7)35-42(37)38)24-11-19(3)25(14-33-32)26(13-24)34-22(6)18(2)9-10-41-28(30)17-36-15-20(4)40-21(5)16-36/h8-9,11-14,20-21,30,34-35H,1,6,10,15-17,31-32H2,2-5,7H3,(H,37,38)/p-1/b18-9+,23-12+,29-27-,30-28?,33-14-/t20-,21+. The van der Waals surface area contributed by atoms with Gasteiger partial charge in [-0.25, -0.2) is 0 Å². The van der Waals surface area contributed by atoms with Gasteiger partial charge < -0.3 is 35.6 Å². The molecule has 1 aliphatic heterocycles. The van der Waals surface area contributed by atoms with E-state index < -0.39 is 11.3 Å². The van der Waals surface area contributed by atoms with E-state index >= 15 is 0 Å². The molecular formula is C29H42N7O4S2-. The monoisotopic (exact) mass is 616 g/mol. The largest absolute Gasteiger partial charge is 0.755 e. The Morgan fingerprint density at radius 2 is 2.05 bits per heavy atom. The molecule has 1 fully saturated rings. The lowest BCUT2D eigenvalue weighted by Crippen LogP contribution is -2.46. The van der Waals surface area contributed by atoms with Gasteiger partial charge in [-0.05, 0) is 62.1 Å². The van der Waals surface area contributed by atoms with E-state index in [-0.39, 0.29) is 23.8 Å². The first-order valence-electron chi connectivity index (χ1n) is 13.2. The molecule has 1 aromatic carbocycles. The van der Waals surface area contributed by atoms with Crippen molar-refractivity contribution in [2.45, 2.75) is 39.9 Å². The van der Waals surface area contributed by atoms with Crippen LogP contribution in [0.15, 0.2) is 71.5 Å². The lowest BCUT2D eigenvalue weighted by molar-refractivity contribution is -0.0633. The fourth-order valence-electron chi connectivity index (χ4n) is 4.39. The SMILES string of the molecule is C=C/C(=C\C(NS(=O)[O-])=C(/N)OC)c1cc(C)c(/C=N\N)c(NC(=C)/C(C)=C/CSC(=N)CN2C[C@@H](C)O[C@@H](C)C2)c1. The van der Waals surface area contributed by atoms with Crippen LogP contribution in [0.1, 0.15) is 37.5 Å². The molecule has 0 aliphatic carbocycles. The fourth-order valence-corrected chi connectivity index (χ4v) is 5.54. The van der Waals surface area contributed by atoms with Crippen LogP contribution >= 0.6 is 11.8 Å². The van der Waals surface area contributed by atoms with Crippen LogP contribution in [0.25, 0.3) is 5.57 Å². The van der Waals surface area contributed by atoms with Gasteiger partial charge in [0.1, 0.15) is 5.70 Å². The van der Waals surface area contributed by atoms with Gasteiger partial charge in [0.15, 0.2) is 0 Å². The Balaban J connectivity index is 2.24. The first-order chi connectivity index (χ1) is 19.9. The molecule has 230 valence electrons. The van der Waals surface area contributed by atoms with Crippen LogP contribution < -0.4 is 21.6 Å². The number of methoxy groups -OCH3 is 1. The van der Waals surface area contributed by atoms with Crippen molar-refractivity contribution in [2.75, 3.05) is 37.8 Å². The van der Waals surface area contributed by atoms with Crippen LogP contribution in [-0.4, -0.2) is 69.6 Å². The van der Waals surface area contributed by atoms with Gasteiger partial charge in [0, 0.05) is 53.6 Å². The predicted molar refractivity (Wildman–Crippen MR) is 175 cm³/mol. The number of anilines is 1. The third kappa shape index (κ3) is 10.8. The summed E-state index contributed by atoms with van der Waals surface area (Å²) in [5.74, 6) is 6.02. The van der Waals surface area contributed by atoms with E-state index in [1.165, 1.54) is 24.9 Å². The Kier molecular flexibility index (Phi) is 14.0. The third-order valence-electron chi connectivity index (χ3n) is 6.39. The van der Waals surface area contributed by atoms with Gasteiger partial charge in [-0.2, -0.15) is 5.10 Å². The highest BCUT2D eigenvalue weighted by atomic mass is 32.2. The molecule has 1 aromatic rings. The minimum Gasteiger partial charge on any atom is -0.755 e. The van der Waals surface area contributed by atoms with Crippen LogP contribution in [-0.2, 0) is 20.7 Å². The number of morpholine rings is 1. The zero-order valence-electron chi connectivity index (χ0n) is 24.9. The number of allylic oxidation sites excluding steroid dienone is 4. The van der Waals surface area contributed by atoms with E-state index in [9.17, 15) is 8.76 Å². The van der Waals surface area contributed by atoms with Crippen LogP contribution in [0.4, 0.5) is 5.69 Å². The Morgan fingerprint density at radius 3 is 2.62 bits per heavy atom. The number of rotatable bonds is 14. The molecule has 0 spiro atoms. The molecule has 11 nitrogen and oxygen atoms in total. The Hall–Kier alpha value is -3.36. The van der Waals surface area contributed by atoms with Crippen molar-refractivity contribution in [3.8, 4) is 0 Å². The lowest BCUT2D eigenvalue weighted by atomic mass is 9.97. The van der Waals surface area contributed by atoms with E-state index in [1.807, 2.05) is 32.1 Å². The van der Waals surface area contributed by atoms with Crippen LogP contribution in [0.2, 0.25) is 0 Å². The van der Waals surface area contributed by atoms with Crippen molar-refractivity contribution < 1.29 is 18.2 Å². The highest BCUT2D eigenvalue weighted by molar-refractivity contribution is 8.14. The van der Waals surface area contributed by atoms with Gasteiger partial charge in [0.2, 0.25) is 5.88 Å². The molecule has 0 radical (unpaired) electrons. The summed E-state index contributed by atoms with van der Waals surface area (Å²) in [6.45, 7) is 18.3. The van der Waals surface area contributed by atoms with Gasteiger partial charge >= 0.3 is 0 Å². The molecule has 7 N–H and O–H groups in total. The topological polar surface area (TPSA) is 174 Å². The molecule has 0 amide bonds. The summed E-state index contributed by atoms with van der Waals surface area (Å²) in [5, 5.41) is 16.1. The molecule has 3 atom stereocenters. The first kappa shape index (κ1) is 34.8. The van der Waals surface area contributed by atoms with Gasteiger partial charge in [-0.1, -0.05) is 31.4 Å². The van der Waals surface area contributed by atoms with Crippen molar-refractivity contribution in [1.82, 2.24) is 9.62 Å². The molecule has 13 heteroatoms. The Labute approximate surface area is 255 Å². The second-order valence-electron chi connectivity index (χ2n) is 9.83. The highest BCUT2D eigenvalue weighted by Gasteiger charge is 2.22. The first-order valence-corrected chi connectivity index (χ1v) is 15.3. The zero-order valence-corrected chi connectivity index (χ0v) is 26.5. The van der Waals surface area contributed by atoms with Gasteiger partial charge in [0.25, 0.3) is 0 Å². The van der Waals surface area contributed by atoms with Crippen molar-refractivity contribution >= 4 is 45.5 Å². The summed E-state index contributed by atoms with van der Waals surface area (Å²) in [5.41, 5.74) is 11.1. The summed E-state index contributed by atoms with van der Waals surface area (Å²) in [4.78, 5) is 2.26. The summed E-state index contributed by atoms with van der Waals surface area (Å²) in [6.07, 6.45) is 7.02. The number of benzene rings is 1. The van der Waals surface area contributed by atoms with Crippen molar-refractivity contribution in [2.24, 2.45) is 16.7 Å². The second-order valence-corrected chi connectivity index (χ2v) is 11.6. The maximum atomic E-state index is 11.3. The number of aryl methyl sites for hydroxylation is 1. The van der Waals surface area contributed by atoms with Gasteiger partial charge in [0.05, 0.1) is 30.6 Å². The smallest absolute Gasteiger partial charge is 0.208 e. The maximum Gasteiger partial charge on any atom is 0.208 e. The van der Waals surface area contributed by atoms with Gasteiger partial charge in [-0.3, -0.25) is 14.5 Å². The Bertz CT molecular complexity index is 1300. The van der Waals surface area contributed by atoms with Crippen LogP contribution in [0.3, 0.4) is 0 Å². The molecule has 0 bridgehead atoms. The summed E-state index contributed by atoms with van der Waals surface area (Å²) in [7, 11) is 1.34. The maximum absolute atomic E-state index is 11.3. The molecule has 1 saturated heterocycles. The van der Waals surface area contributed by atoms with Crippen LogP contribution in [0.5, 0.6) is 0 Å². The predicted octanol–water partition coefficient (Wildman–Crippen LogP) is 3.71. The average Bonchev–Trinajstić information content (AvgIpc) is 2.91. The van der Waals surface area contributed by atoms with Crippen molar-refractivity contribution in [3.05, 3.63) is 83.1 Å². The quantitative estimate of drug-likeness (QED) is 0.0397. The van der Waals surface area contributed by atoms with E-state index in [4.69, 9.17) is 26.5 Å². The normalized spacial score (nSPS) is 19.7. The third-order valence-corrected chi connectivity index (χ3v) is 7.59. The number of hydrogen-bond donors (Lipinski definition) is 5. The minimum absolute atomic E-state index is 0.0596. The number of nitrogens with zero attached hydrogens (tertiary/aromatic N) is 2. The number of hydrogen-bond acceptors (Lipinski definition) is 11. The number of thioether (sulfide) groups is 1. The number of nitrogens with one attached hydrogen (secondary N) is 3. The minimum atomic E-state index is -2.61. The van der Waals surface area contributed by atoms with E-state index in [0.29, 0.717) is 34.3 Å². The molecule has 1 unspecified atom stereocenters. The molecule has 0 aromatic heterocycles. The number of ether oxygens (including phenoxy) is 2. The number of hydrazone groups is 1. The second kappa shape index (κ2) is 16.9. The molecule has 2 rings (SSSR count). The zero-order chi connectivity index (χ0) is 31.4. The molecule has 42 heavy (non-hydrogen) atoms. The molecule has 0 saturated carbocycles. The molecule has 1 heterocycles. The van der Waals surface area contributed by atoms with Crippen molar-refractivity contribution in [3.63, 3.8) is 0 Å². The molecular weight excluding hydrogens is 574 g/mol. The lowest BCUT2D eigenvalue weighted by Gasteiger charge is -2.35. The number of nitrogens with two attached hydrogens (primary N) is 2. The van der Waals surface area contributed by atoms with E-state index in [0.717, 1.165) is 35.4 Å². The van der Waals surface area contributed by atoms with Crippen molar-refractivity contribution in [1.29, 1.82) is 5.41 Å². The highest BCUT2D eigenvalue weighted by Crippen LogP contribution is 2.29. The van der Waals surface area contributed by atoms with Gasteiger partial charge in [-0.15, -0.1) is 11.8 Å². The van der Waals surface area contributed by atoms with Crippen LogP contribution in [0, 0.1) is 12.3 Å². The molecule has 1 aliphatic rings. The summed E-state index contributed by atoms with van der Waals surface area (Å²) in [6, 6.07) is 3.76. The fraction of sp³-hybridized carbons (Fsp3) is 0.379.